The van der Waals surface area contributed by atoms with Crippen LogP contribution >= 0.6 is 15.9 Å². The number of urea groups is 1. The van der Waals surface area contributed by atoms with Crippen LogP contribution in [-0.4, -0.2) is 59.7 Å². The summed E-state index contributed by atoms with van der Waals surface area (Å²) in [6.07, 6.45) is 4.90. The number of hydrogen-bond acceptors (Lipinski definition) is 6. The predicted octanol–water partition coefficient (Wildman–Crippen LogP) is 1.50. The number of amides is 3. The Morgan fingerprint density at radius 3 is 2.77 bits per heavy atom. The number of guanidine groups is 1. The molecule has 3 amide bonds. The average molecular weight is 419 g/mol. The van der Waals surface area contributed by atoms with Gasteiger partial charge in [0, 0.05) is 18.1 Å². The highest BCUT2D eigenvalue weighted by atomic mass is 79.9. The zero-order valence-corrected chi connectivity index (χ0v) is 16.0. The third kappa shape index (κ3) is 3.62. The number of imide groups is 1. The summed E-state index contributed by atoms with van der Waals surface area (Å²) in [6.45, 7) is 2.38. The van der Waals surface area contributed by atoms with E-state index >= 15 is 0 Å². The second-order valence-electron chi connectivity index (χ2n) is 5.86. The number of halogens is 1. The number of hydrogen-bond donors (Lipinski definition) is 2. The Kier molecular flexibility index (Phi) is 5.36. The standard InChI is InChI=1S/C17H19BrN6O2/c1-3-4-9-24-13-14(23(2)17(26)21-15(13)25)20-16(24)22-19-10-11-5-7-12(18)8-6-11/h3-8,10,13-14H,9H2,1-2H3,(H,20,22)(H,21,25,26)/b4-3+,19-10-. The second-order valence-corrected chi connectivity index (χ2v) is 6.78. The molecule has 136 valence electrons. The van der Waals surface area contributed by atoms with Crippen LogP contribution < -0.4 is 10.7 Å². The summed E-state index contributed by atoms with van der Waals surface area (Å²) in [5, 5.41) is 6.57. The highest BCUT2D eigenvalue weighted by molar-refractivity contribution is 9.10. The molecule has 0 aromatic heterocycles. The fraction of sp³-hybridized carbons (Fsp3) is 0.294. The molecule has 2 aliphatic heterocycles. The molecule has 0 spiro atoms. The summed E-state index contributed by atoms with van der Waals surface area (Å²) >= 11 is 3.39. The van der Waals surface area contributed by atoms with Gasteiger partial charge in [-0.05, 0) is 24.6 Å². The van der Waals surface area contributed by atoms with Crippen molar-refractivity contribution in [3.8, 4) is 0 Å². The monoisotopic (exact) mass is 418 g/mol. The number of nitrogens with zero attached hydrogens (tertiary/aromatic N) is 4. The summed E-state index contributed by atoms with van der Waals surface area (Å²) in [4.78, 5) is 31.9. The number of hydrazone groups is 1. The second kappa shape index (κ2) is 7.69. The van der Waals surface area contributed by atoms with Gasteiger partial charge in [-0.1, -0.05) is 40.2 Å². The Hall–Kier alpha value is -2.68. The lowest BCUT2D eigenvalue weighted by molar-refractivity contribution is -0.126. The van der Waals surface area contributed by atoms with Gasteiger partial charge in [-0.3, -0.25) is 10.1 Å². The lowest BCUT2D eigenvalue weighted by Gasteiger charge is -2.35. The maximum Gasteiger partial charge on any atom is 0.325 e. The van der Waals surface area contributed by atoms with Crippen molar-refractivity contribution in [2.45, 2.75) is 19.1 Å². The Labute approximate surface area is 159 Å². The third-order valence-corrected chi connectivity index (χ3v) is 4.68. The molecule has 8 nitrogen and oxygen atoms in total. The summed E-state index contributed by atoms with van der Waals surface area (Å²) in [5.74, 6) is 0.0863. The average Bonchev–Trinajstić information content (AvgIpc) is 2.99. The van der Waals surface area contributed by atoms with E-state index in [1.54, 1.807) is 18.2 Å². The van der Waals surface area contributed by atoms with Crippen molar-refractivity contribution in [3.05, 3.63) is 46.5 Å². The Morgan fingerprint density at radius 1 is 1.35 bits per heavy atom. The van der Waals surface area contributed by atoms with Crippen LogP contribution in [0.3, 0.4) is 0 Å². The molecule has 1 aromatic carbocycles. The lowest BCUT2D eigenvalue weighted by Crippen LogP contribution is -2.64. The number of nitrogens with one attached hydrogen (secondary N) is 2. The van der Waals surface area contributed by atoms with Gasteiger partial charge in [-0.2, -0.15) is 5.10 Å². The number of carbonyl (C=O) groups is 2. The van der Waals surface area contributed by atoms with Gasteiger partial charge >= 0.3 is 6.03 Å². The molecule has 1 aromatic rings. The number of likely N-dealkylation sites (N-methyl/N-ethyl adjacent to an activating group) is 1. The fourth-order valence-corrected chi connectivity index (χ4v) is 3.02. The quantitative estimate of drug-likeness (QED) is 0.440. The first-order valence-corrected chi connectivity index (χ1v) is 8.88. The van der Waals surface area contributed by atoms with E-state index in [9.17, 15) is 9.59 Å². The minimum atomic E-state index is -0.584. The summed E-state index contributed by atoms with van der Waals surface area (Å²) in [7, 11) is 1.62. The highest BCUT2D eigenvalue weighted by Crippen LogP contribution is 2.23. The van der Waals surface area contributed by atoms with Crippen LogP contribution in [0, 0.1) is 0 Å². The van der Waals surface area contributed by atoms with E-state index in [0.717, 1.165) is 10.0 Å². The van der Waals surface area contributed by atoms with Crippen molar-refractivity contribution in [2.75, 3.05) is 13.6 Å². The number of aliphatic imine (C=N–C) groups is 1. The van der Waals surface area contributed by atoms with Crippen LogP contribution in [0.4, 0.5) is 4.79 Å². The predicted molar refractivity (Wildman–Crippen MR) is 103 cm³/mol. The molecule has 1 fully saturated rings. The molecule has 26 heavy (non-hydrogen) atoms. The Morgan fingerprint density at radius 2 is 2.08 bits per heavy atom. The molecule has 0 aliphatic carbocycles. The van der Waals surface area contributed by atoms with Gasteiger partial charge in [-0.25, -0.2) is 15.2 Å². The fourth-order valence-electron chi connectivity index (χ4n) is 2.75. The molecule has 0 saturated carbocycles. The molecule has 9 heteroatoms. The van der Waals surface area contributed by atoms with Crippen LogP contribution in [0.5, 0.6) is 0 Å². The van der Waals surface area contributed by atoms with Crippen LogP contribution in [0.2, 0.25) is 0 Å². The number of rotatable bonds is 4. The minimum absolute atomic E-state index is 0.361. The van der Waals surface area contributed by atoms with Gasteiger partial charge < -0.3 is 9.80 Å². The van der Waals surface area contributed by atoms with Crippen molar-refractivity contribution in [1.82, 2.24) is 20.5 Å². The summed E-state index contributed by atoms with van der Waals surface area (Å²) < 4.78 is 0.989. The molecule has 0 bridgehead atoms. The SMILES string of the molecule is C/C=C/CN1C(N/N=C\c2ccc(Br)cc2)=NC2C1C(=O)NC(=O)N2C. The van der Waals surface area contributed by atoms with E-state index in [1.165, 1.54) is 4.90 Å². The van der Waals surface area contributed by atoms with Gasteiger partial charge in [0.2, 0.25) is 5.96 Å². The largest absolute Gasteiger partial charge is 0.325 e. The molecule has 2 N–H and O–H groups in total. The van der Waals surface area contributed by atoms with Crippen LogP contribution in [-0.2, 0) is 4.79 Å². The van der Waals surface area contributed by atoms with E-state index in [1.807, 2.05) is 43.3 Å². The molecule has 2 aliphatic rings. The van der Waals surface area contributed by atoms with Gasteiger partial charge in [0.25, 0.3) is 5.91 Å². The Bertz CT molecular complexity index is 789. The van der Waals surface area contributed by atoms with Crippen molar-refractivity contribution in [2.24, 2.45) is 10.1 Å². The number of allylic oxidation sites excluding steroid dienone is 1. The Balaban J connectivity index is 1.79. The van der Waals surface area contributed by atoms with Gasteiger partial charge in [-0.15, -0.1) is 0 Å². The maximum atomic E-state index is 12.3. The number of fused-ring (bicyclic) bond motifs is 1. The van der Waals surface area contributed by atoms with E-state index in [-0.39, 0.29) is 5.91 Å². The molecule has 0 radical (unpaired) electrons. The normalized spacial score (nSPS) is 22.8. The first kappa shape index (κ1) is 18.1. The van der Waals surface area contributed by atoms with Gasteiger partial charge in [0.05, 0.1) is 6.21 Å². The van der Waals surface area contributed by atoms with Crippen molar-refractivity contribution < 1.29 is 9.59 Å². The van der Waals surface area contributed by atoms with Crippen LogP contribution in [0.1, 0.15) is 12.5 Å². The van der Waals surface area contributed by atoms with Crippen LogP contribution in [0.15, 0.2) is 51.0 Å². The van der Waals surface area contributed by atoms with Gasteiger partial charge in [0.1, 0.15) is 0 Å². The topological polar surface area (TPSA) is 89.4 Å². The lowest BCUT2D eigenvalue weighted by atomic mass is 10.1. The number of benzene rings is 1. The zero-order chi connectivity index (χ0) is 18.7. The van der Waals surface area contributed by atoms with E-state index in [0.29, 0.717) is 12.5 Å². The molecule has 2 unspecified atom stereocenters. The van der Waals surface area contributed by atoms with E-state index in [4.69, 9.17) is 0 Å². The first-order valence-electron chi connectivity index (χ1n) is 8.09. The van der Waals surface area contributed by atoms with Crippen molar-refractivity contribution in [1.29, 1.82) is 0 Å². The molecular formula is C17H19BrN6O2. The third-order valence-electron chi connectivity index (χ3n) is 4.15. The number of carbonyl (C=O) groups excluding carboxylic acids is 2. The van der Waals surface area contributed by atoms with Crippen molar-refractivity contribution in [3.63, 3.8) is 0 Å². The minimum Gasteiger partial charge on any atom is -0.322 e. The zero-order valence-electron chi connectivity index (χ0n) is 14.4. The van der Waals surface area contributed by atoms with E-state index < -0.39 is 18.2 Å². The highest BCUT2D eigenvalue weighted by Gasteiger charge is 2.48. The summed E-state index contributed by atoms with van der Waals surface area (Å²) in [5.41, 5.74) is 3.82. The van der Waals surface area contributed by atoms with Gasteiger partial charge in [0.15, 0.2) is 12.2 Å². The molecule has 2 atom stereocenters. The molecule has 2 heterocycles. The first-order chi connectivity index (χ1) is 12.5. The maximum absolute atomic E-state index is 12.3. The van der Waals surface area contributed by atoms with E-state index in [2.05, 4.69) is 36.8 Å². The van der Waals surface area contributed by atoms with Crippen LogP contribution in [0.25, 0.3) is 0 Å². The molecular weight excluding hydrogens is 400 g/mol. The molecule has 1 saturated heterocycles. The smallest absolute Gasteiger partial charge is 0.322 e. The van der Waals surface area contributed by atoms with Crippen molar-refractivity contribution >= 4 is 40.0 Å². The molecule has 3 rings (SSSR count). The summed E-state index contributed by atoms with van der Waals surface area (Å²) in [6, 6.07) is 6.65.